The van der Waals surface area contributed by atoms with E-state index in [1.165, 1.54) is 6.92 Å². The smallest absolute Gasteiger partial charge is 0.417 e. The molecule has 0 aliphatic heterocycles. The number of fused-ring (bicyclic) bond motifs is 2. The standard InChI is InChI=1S/C17H27F3O3.C16H26O5.C12H21F3O3.C9H19NO4S.C6H12O2/c1-5-15(2,3)14(21)23-13-8-10-6-11(13)7-12(10)9-16(4,22)17(18,19)20;1-4-12(2,3)11(17)21-16-8-13(18)5-14(19,9-16)7-15(20,6-13)10-16;1-6-10(3,4)9(16)18-8(2)7-11(5,17)12(13,14)15;1-5-9(2,3)8(11)14-7-6-10-15(4,12)13;1-4-6(2,3)5(7)8/h10-13,22H,5-9H2,1-4H3;18-20H,4-10H2,1-3H3;8,17H,6-7H2,1-5H3;10H,5-7H2,1-4H3;4H2,1-3H3,(H,7,8). The number of carboxylic acids is 1. The average Bonchev–Trinajstić information content (AvgIpc) is 1.47. The monoisotopic (exact) mass is 1260 g/mol. The molecular formula is C60H105F6NO17S. The summed E-state index contributed by atoms with van der Waals surface area (Å²) in [5.74, 6) is -2.04. The zero-order chi connectivity index (χ0) is 67.0. The molecule has 6 saturated carbocycles. The van der Waals surface area contributed by atoms with Gasteiger partial charge in [-0.15, -0.1) is 0 Å². The van der Waals surface area contributed by atoms with Crippen molar-refractivity contribution >= 4 is 39.9 Å². The molecule has 25 heteroatoms. The van der Waals surface area contributed by atoms with Gasteiger partial charge in [0.15, 0.2) is 11.2 Å². The van der Waals surface area contributed by atoms with Gasteiger partial charge in [-0.25, -0.2) is 13.1 Å². The Hall–Kier alpha value is -3.36. The molecule has 0 aromatic carbocycles. The molecule has 7 unspecified atom stereocenters. The van der Waals surface area contributed by atoms with Crippen molar-refractivity contribution in [1.29, 1.82) is 0 Å². The van der Waals surface area contributed by atoms with Crippen LogP contribution in [0.5, 0.6) is 0 Å². The second kappa shape index (κ2) is 28.6. The predicted molar refractivity (Wildman–Crippen MR) is 306 cm³/mol. The first-order chi connectivity index (χ1) is 37.8. The number of aliphatic hydroxyl groups is 5. The number of halogens is 6. The first kappa shape index (κ1) is 79.7. The van der Waals surface area contributed by atoms with E-state index in [0.717, 1.165) is 19.6 Å². The summed E-state index contributed by atoms with van der Waals surface area (Å²) in [4.78, 5) is 57.9. The van der Waals surface area contributed by atoms with Crippen LogP contribution in [0.3, 0.4) is 0 Å². The van der Waals surface area contributed by atoms with Gasteiger partial charge in [0.05, 0.1) is 50.1 Å². The third kappa shape index (κ3) is 23.2. The van der Waals surface area contributed by atoms with Crippen molar-refractivity contribution in [2.45, 2.75) is 286 Å². The minimum atomic E-state index is -4.74. The SMILES string of the molecule is CCC(C)(C)C(=O)O.CCC(C)(C)C(=O)OC(C)CC(C)(O)C(F)(F)F.CCC(C)(C)C(=O)OC12CC3(O)CC(O)(CC(O)(C3)C1)C2.CCC(C)(C)C(=O)OC1CC2CC1CC2CC(C)(O)C(F)(F)F.CCC(C)(C)C(=O)OCCNS(C)(=O)=O. The van der Waals surface area contributed by atoms with E-state index in [4.69, 9.17) is 24.1 Å². The molecule has 0 saturated heterocycles. The minimum Gasteiger partial charge on any atom is -0.481 e. The number of rotatable bonds is 21. The summed E-state index contributed by atoms with van der Waals surface area (Å²) in [6.07, 6.45) is -3.43. The number of nitrogens with one attached hydrogen (secondary N) is 1. The van der Waals surface area contributed by atoms with Crippen molar-refractivity contribution in [3.8, 4) is 0 Å². The van der Waals surface area contributed by atoms with Crippen LogP contribution in [0, 0.1) is 44.8 Å². The fraction of sp³-hybridized carbons (Fsp3) is 0.917. The molecular weight excluding hydrogens is 1150 g/mol. The third-order valence-corrected chi connectivity index (χ3v) is 18.9. The van der Waals surface area contributed by atoms with Crippen molar-refractivity contribution in [3.05, 3.63) is 0 Å². The highest BCUT2D eigenvalue weighted by Gasteiger charge is 2.70. The lowest BCUT2D eigenvalue weighted by Gasteiger charge is -2.65. The molecule has 85 heavy (non-hydrogen) atoms. The number of aliphatic carboxylic acids is 1. The van der Waals surface area contributed by atoms with E-state index >= 15 is 0 Å². The van der Waals surface area contributed by atoms with Crippen LogP contribution in [0.4, 0.5) is 26.3 Å². The maximum Gasteiger partial charge on any atom is 0.417 e. The lowest BCUT2D eigenvalue weighted by molar-refractivity contribution is -0.302. The van der Waals surface area contributed by atoms with Gasteiger partial charge in [-0.1, -0.05) is 34.6 Å². The average molecular weight is 1260 g/mol. The number of sulfonamides is 1. The highest BCUT2D eigenvalue weighted by Crippen LogP contribution is 2.62. The van der Waals surface area contributed by atoms with E-state index in [1.807, 2.05) is 55.4 Å². The van der Waals surface area contributed by atoms with E-state index in [0.29, 0.717) is 71.1 Å². The van der Waals surface area contributed by atoms with E-state index in [1.54, 1.807) is 48.5 Å². The van der Waals surface area contributed by atoms with Crippen LogP contribution in [0.15, 0.2) is 0 Å². The maximum atomic E-state index is 12.8. The Labute approximate surface area is 501 Å². The molecule has 6 aliphatic rings. The van der Waals surface area contributed by atoms with Crippen LogP contribution in [0.2, 0.25) is 0 Å². The number of esters is 4. The van der Waals surface area contributed by atoms with E-state index in [2.05, 4.69) is 4.72 Å². The normalized spacial score (nSPS) is 28.2. The molecule has 6 rings (SSSR count). The molecule has 7 N–H and O–H groups in total. The maximum absolute atomic E-state index is 12.8. The minimum absolute atomic E-state index is 0.0648. The van der Waals surface area contributed by atoms with Gasteiger partial charge < -0.3 is 49.6 Å². The molecule has 0 heterocycles. The van der Waals surface area contributed by atoms with Crippen molar-refractivity contribution < 1.29 is 108 Å². The summed E-state index contributed by atoms with van der Waals surface area (Å²) in [6, 6.07) is 0. The Morgan fingerprint density at radius 2 is 0.953 bits per heavy atom. The number of alkyl halides is 6. The molecule has 500 valence electrons. The summed E-state index contributed by atoms with van der Waals surface area (Å²) in [5, 5.41) is 59.4. The Morgan fingerprint density at radius 3 is 1.29 bits per heavy atom. The van der Waals surface area contributed by atoms with Gasteiger partial charge in [0.1, 0.15) is 24.4 Å². The van der Waals surface area contributed by atoms with Gasteiger partial charge >= 0.3 is 42.2 Å². The number of hydrogen-bond donors (Lipinski definition) is 7. The number of carbonyl (C=O) groups is 5. The Morgan fingerprint density at radius 1 is 0.565 bits per heavy atom. The topological polar surface area (TPSA) is 290 Å². The van der Waals surface area contributed by atoms with Gasteiger partial charge in [0.2, 0.25) is 10.0 Å². The van der Waals surface area contributed by atoms with Crippen molar-refractivity contribution in [2.75, 3.05) is 19.4 Å². The van der Waals surface area contributed by atoms with Gasteiger partial charge in [0.25, 0.3) is 0 Å². The Kier molecular flexibility index (Phi) is 26.8. The quantitative estimate of drug-likeness (QED) is 0.0243. The number of hydrogen-bond acceptors (Lipinski definition) is 16. The summed E-state index contributed by atoms with van der Waals surface area (Å²) in [5.41, 5.74) is -12.7. The van der Waals surface area contributed by atoms with Gasteiger partial charge in [-0.2, -0.15) is 26.3 Å². The van der Waals surface area contributed by atoms with Crippen LogP contribution >= 0.6 is 0 Å². The van der Waals surface area contributed by atoms with Gasteiger partial charge in [-0.05, 0) is 166 Å². The molecule has 6 bridgehead atoms. The molecule has 0 amide bonds. The first-order valence-corrected chi connectivity index (χ1v) is 31.5. The van der Waals surface area contributed by atoms with E-state index in [9.17, 15) is 84.3 Å². The zero-order valence-electron chi connectivity index (χ0n) is 54.0. The first-order valence-electron chi connectivity index (χ1n) is 29.6. The van der Waals surface area contributed by atoms with E-state index in [-0.39, 0.29) is 80.6 Å². The lowest BCUT2D eigenvalue weighted by Crippen LogP contribution is -2.72. The fourth-order valence-electron chi connectivity index (χ4n) is 10.8. The molecule has 18 nitrogen and oxygen atoms in total. The highest BCUT2D eigenvalue weighted by molar-refractivity contribution is 7.88. The summed E-state index contributed by atoms with van der Waals surface area (Å²) >= 11 is 0. The van der Waals surface area contributed by atoms with Crippen molar-refractivity contribution in [2.24, 2.45) is 44.8 Å². The number of carboxylic acid groups (broad SMARTS) is 1. The van der Waals surface area contributed by atoms with Crippen LogP contribution in [0.1, 0.15) is 227 Å². The van der Waals surface area contributed by atoms with Crippen LogP contribution in [0.25, 0.3) is 0 Å². The van der Waals surface area contributed by atoms with Gasteiger partial charge in [-0.3, -0.25) is 24.0 Å². The molecule has 0 radical (unpaired) electrons. The Balaban J connectivity index is 0.000000549. The van der Waals surface area contributed by atoms with Crippen LogP contribution in [-0.2, 0) is 52.9 Å². The van der Waals surface area contributed by atoms with Crippen LogP contribution < -0.4 is 4.72 Å². The van der Waals surface area contributed by atoms with Gasteiger partial charge in [0, 0.05) is 51.5 Å². The molecule has 0 aromatic rings. The summed E-state index contributed by atoms with van der Waals surface area (Å²) in [7, 11) is -3.20. The molecule has 6 fully saturated rings. The third-order valence-electron chi connectivity index (χ3n) is 18.2. The van der Waals surface area contributed by atoms with Crippen molar-refractivity contribution in [3.63, 3.8) is 0 Å². The fourth-order valence-corrected chi connectivity index (χ4v) is 11.3. The van der Waals surface area contributed by atoms with E-state index < -0.39 is 108 Å². The van der Waals surface area contributed by atoms with Crippen LogP contribution in [-0.4, -0.2) is 146 Å². The highest BCUT2D eigenvalue weighted by atomic mass is 32.2. The van der Waals surface area contributed by atoms with Crippen molar-refractivity contribution in [1.82, 2.24) is 4.72 Å². The Bertz CT molecular complexity index is 2310. The summed E-state index contributed by atoms with van der Waals surface area (Å²) < 4.78 is 121. The number of ether oxygens (including phenoxy) is 4. The number of carbonyl (C=O) groups excluding carboxylic acids is 4. The molecule has 6 aliphatic carbocycles. The molecule has 7 atom stereocenters. The molecule has 0 spiro atoms. The lowest BCUT2D eigenvalue weighted by atomic mass is 9.48. The zero-order valence-corrected chi connectivity index (χ0v) is 54.8. The summed E-state index contributed by atoms with van der Waals surface area (Å²) in [6.45, 7) is 30.1. The second-order valence-corrected chi connectivity index (χ2v) is 30.5. The molecule has 0 aromatic heterocycles. The predicted octanol–water partition coefficient (Wildman–Crippen LogP) is 10.4. The largest absolute Gasteiger partial charge is 0.481 e. The second-order valence-electron chi connectivity index (χ2n) is 28.7.